The number of hydrogen-bond donors (Lipinski definition) is 0. The Labute approximate surface area is 259 Å². The fourth-order valence-corrected chi connectivity index (χ4v) is 6.55. The van der Waals surface area contributed by atoms with Gasteiger partial charge in [-0.15, -0.1) is 0 Å². The lowest BCUT2D eigenvalue weighted by Crippen LogP contribution is -2.02. The third kappa shape index (κ3) is 4.19. The van der Waals surface area contributed by atoms with Crippen LogP contribution in [0.25, 0.3) is 83.2 Å². The number of rotatable bonds is 4. The minimum atomic E-state index is 0.644. The summed E-state index contributed by atoms with van der Waals surface area (Å²) < 4.78 is 2.38. The van der Waals surface area contributed by atoms with E-state index in [-0.39, 0.29) is 0 Å². The molecule has 0 aliphatic carbocycles. The highest BCUT2D eigenvalue weighted by atomic mass is 15.0. The van der Waals surface area contributed by atoms with Gasteiger partial charge in [-0.2, -0.15) is 0 Å². The fourth-order valence-electron chi connectivity index (χ4n) is 6.55. The number of para-hydroxylation sites is 2. The van der Waals surface area contributed by atoms with Crippen LogP contribution in [0.1, 0.15) is 0 Å². The molecule has 45 heavy (non-hydrogen) atoms. The molecule has 0 saturated carbocycles. The lowest BCUT2D eigenvalue weighted by atomic mass is 10.0. The third-order valence-corrected chi connectivity index (χ3v) is 8.62. The van der Waals surface area contributed by atoms with Crippen LogP contribution in [0.4, 0.5) is 0 Å². The zero-order valence-electron chi connectivity index (χ0n) is 24.3. The predicted molar refractivity (Wildman–Crippen MR) is 185 cm³/mol. The van der Waals surface area contributed by atoms with Gasteiger partial charge in [0.15, 0.2) is 17.5 Å². The van der Waals surface area contributed by atoms with Crippen LogP contribution in [-0.4, -0.2) is 19.5 Å². The molecule has 0 bridgehead atoms. The van der Waals surface area contributed by atoms with E-state index in [1.54, 1.807) is 0 Å². The summed E-state index contributed by atoms with van der Waals surface area (Å²) in [4.78, 5) is 15.3. The molecule has 0 unspecified atom stereocenters. The first kappa shape index (κ1) is 25.4. The van der Waals surface area contributed by atoms with Crippen molar-refractivity contribution in [2.24, 2.45) is 0 Å². The Hall–Kier alpha value is -6.13. The number of nitrogens with zero attached hydrogens (tertiary/aromatic N) is 4. The molecular weight excluding hydrogens is 548 g/mol. The van der Waals surface area contributed by atoms with Gasteiger partial charge in [-0.3, -0.25) is 0 Å². The summed E-state index contributed by atoms with van der Waals surface area (Å²) in [6, 6.07) is 55.1. The van der Waals surface area contributed by atoms with Gasteiger partial charge in [-0.1, -0.05) is 133 Å². The van der Waals surface area contributed by atoms with Gasteiger partial charge in [0.2, 0.25) is 0 Å². The monoisotopic (exact) mass is 574 g/mol. The summed E-state index contributed by atoms with van der Waals surface area (Å²) in [5, 5.41) is 7.02. The average molecular weight is 575 g/mol. The third-order valence-electron chi connectivity index (χ3n) is 8.62. The first-order valence-electron chi connectivity index (χ1n) is 15.1. The standard InChI is InChI=1S/C41H26N4/c1-2-13-29(14-3-1)39-42-40(31-25-24-27-12-4-5-15-30(27)26-31)44-41(43-39)34-20-10-16-28-17-11-23-37(38(28)34)45-35-21-8-6-18-32(35)33-19-7-9-22-36(33)45/h1-26H. The molecule has 0 saturated heterocycles. The maximum atomic E-state index is 5.17. The highest BCUT2D eigenvalue weighted by Gasteiger charge is 2.19. The normalized spacial score (nSPS) is 11.6. The van der Waals surface area contributed by atoms with Gasteiger partial charge in [-0.25, -0.2) is 15.0 Å². The molecule has 0 N–H and O–H groups in total. The Morgan fingerprint density at radius 1 is 0.378 bits per heavy atom. The summed E-state index contributed by atoms with van der Waals surface area (Å²) in [5.41, 5.74) is 6.29. The van der Waals surface area contributed by atoms with E-state index in [9.17, 15) is 0 Å². The Morgan fingerprint density at radius 2 is 0.956 bits per heavy atom. The van der Waals surface area contributed by atoms with Crippen molar-refractivity contribution in [1.29, 1.82) is 0 Å². The summed E-state index contributed by atoms with van der Waals surface area (Å²) in [5.74, 6) is 1.94. The second-order valence-electron chi connectivity index (χ2n) is 11.3. The predicted octanol–water partition coefficient (Wildman–Crippen LogP) is 10.3. The number of hydrogen-bond acceptors (Lipinski definition) is 3. The quantitative estimate of drug-likeness (QED) is 0.210. The van der Waals surface area contributed by atoms with Crippen molar-refractivity contribution in [3.8, 4) is 39.9 Å². The molecule has 2 heterocycles. The lowest BCUT2D eigenvalue weighted by Gasteiger charge is -2.15. The van der Waals surface area contributed by atoms with Gasteiger partial charge in [-0.05, 0) is 40.4 Å². The van der Waals surface area contributed by atoms with Crippen LogP contribution in [0, 0.1) is 0 Å². The first-order chi connectivity index (χ1) is 22.3. The molecule has 0 atom stereocenters. The van der Waals surface area contributed by atoms with Crippen LogP contribution in [0.3, 0.4) is 0 Å². The lowest BCUT2D eigenvalue weighted by molar-refractivity contribution is 1.08. The molecule has 7 aromatic carbocycles. The van der Waals surface area contributed by atoms with E-state index in [1.165, 1.54) is 27.2 Å². The maximum absolute atomic E-state index is 5.17. The highest BCUT2D eigenvalue weighted by molar-refractivity contribution is 6.11. The average Bonchev–Trinajstić information content (AvgIpc) is 3.45. The smallest absolute Gasteiger partial charge is 0.164 e. The van der Waals surface area contributed by atoms with Gasteiger partial charge in [0.05, 0.1) is 16.7 Å². The Balaban J connectivity index is 1.34. The molecule has 0 fully saturated rings. The van der Waals surface area contributed by atoms with Gasteiger partial charge < -0.3 is 4.57 Å². The van der Waals surface area contributed by atoms with Gasteiger partial charge in [0.1, 0.15) is 0 Å². The van der Waals surface area contributed by atoms with Crippen LogP contribution < -0.4 is 0 Å². The number of aromatic nitrogens is 4. The Morgan fingerprint density at radius 3 is 1.71 bits per heavy atom. The molecular formula is C41H26N4. The van der Waals surface area contributed by atoms with Crippen LogP contribution in [-0.2, 0) is 0 Å². The molecule has 9 rings (SSSR count). The first-order valence-corrected chi connectivity index (χ1v) is 15.1. The molecule has 0 aliphatic rings. The number of benzene rings is 7. The van der Waals surface area contributed by atoms with Crippen molar-refractivity contribution in [2.45, 2.75) is 0 Å². The van der Waals surface area contributed by atoms with E-state index in [2.05, 4.69) is 144 Å². The molecule has 0 spiro atoms. The van der Waals surface area contributed by atoms with Crippen molar-refractivity contribution in [3.63, 3.8) is 0 Å². The molecule has 0 aliphatic heterocycles. The van der Waals surface area contributed by atoms with Gasteiger partial charge in [0.25, 0.3) is 0 Å². The van der Waals surface area contributed by atoms with Crippen molar-refractivity contribution >= 4 is 43.4 Å². The fraction of sp³-hybridized carbons (Fsp3) is 0. The van der Waals surface area contributed by atoms with Crippen LogP contribution >= 0.6 is 0 Å². The number of fused-ring (bicyclic) bond motifs is 5. The minimum Gasteiger partial charge on any atom is -0.309 e. The van der Waals surface area contributed by atoms with E-state index >= 15 is 0 Å². The van der Waals surface area contributed by atoms with Crippen LogP contribution in [0.15, 0.2) is 158 Å². The minimum absolute atomic E-state index is 0.644. The van der Waals surface area contributed by atoms with Crippen molar-refractivity contribution in [2.75, 3.05) is 0 Å². The molecule has 0 radical (unpaired) electrons. The van der Waals surface area contributed by atoms with E-state index < -0.39 is 0 Å². The summed E-state index contributed by atoms with van der Waals surface area (Å²) in [6.07, 6.45) is 0. The van der Waals surface area contributed by atoms with E-state index in [0.29, 0.717) is 17.5 Å². The maximum Gasteiger partial charge on any atom is 0.164 e. The highest BCUT2D eigenvalue weighted by Crippen LogP contribution is 2.38. The summed E-state index contributed by atoms with van der Waals surface area (Å²) in [7, 11) is 0. The molecule has 0 amide bonds. The van der Waals surface area contributed by atoms with E-state index in [4.69, 9.17) is 15.0 Å². The molecule has 9 aromatic rings. The van der Waals surface area contributed by atoms with Crippen LogP contribution in [0.2, 0.25) is 0 Å². The SMILES string of the molecule is c1ccc(-c2nc(-c3ccc4ccccc4c3)nc(-c3cccc4cccc(-n5c6ccccc6c6ccccc65)c34)n2)cc1. The zero-order valence-corrected chi connectivity index (χ0v) is 24.3. The molecule has 4 heteroatoms. The van der Waals surface area contributed by atoms with Crippen LogP contribution in [0.5, 0.6) is 0 Å². The second kappa shape index (κ2) is 10.2. The summed E-state index contributed by atoms with van der Waals surface area (Å²) >= 11 is 0. The van der Waals surface area contributed by atoms with Gasteiger partial charge in [0, 0.05) is 32.8 Å². The van der Waals surface area contributed by atoms with E-state index in [0.717, 1.165) is 38.5 Å². The zero-order chi connectivity index (χ0) is 29.7. The Kier molecular flexibility index (Phi) is 5.78. The largest absolute Gasteiger partial charge is 0.309 e. The van der Waals surface area contributed by atoms with Crippen molar-refractivity contribution in [3.05, 3.63) is 158 Å². The molecule has 210 valence electrons. The summed E-state index contributed by atoms with van der Waals surface area (Å²) in [6.45, 7) is 0. The second-order valence-corrected chi connectivity index (χ2v) is 11.3. The van der Waals surface area contributed by atoms with Crippen molar-refractivity contribution < 1.29 is 0 Å². The Bertz CT molecular complexity index is 2490. The van der Waals surface area contributed by atoms with Gasteiger partial charge >= 0.3 is 0 Å². The molecule has 2 aromatic heterocycles. The van der Waals surface area contributed by atoms with Crippen molar-refractivity contribution in [1.82, 2.24) is 19.5 Å². The molecule has 4 nitrogen and oxygen atoms in total. The van der Waals surface area contributed by atoms with E-state index in [1.807, 2.05) is 18.2 Å². The topological polar surface area (TPSA) is 43.6 Å².